The number of carbonyl (C=O) groups is 2. The minimum atomic E-state index is -0.470. The van der Waals surface area contributed by atoms with Crippen LogP contribution < -0.4 is 4.90 Å². The molecule has 1 aromatic rings. The first-order chi connectivity index (χ1) is 13.5. The summed E-state index contributed by atoms with van der Waals surface area (Å²) in [4.78, 5) is 28.3. The summed E-state index contributed by atoms with van der Waals surface area (Å²) in [5.41, 5.74) is -0.264. The van der Waals surface area contributed by atoms with Gasteiger partial charge in [-0.15, -0.1) is 0 Å². The molecule has 0 bridgehead atoms. The Morgan fingerprint density at radius 3 is 2.34 bits per heavy atom. The monoisotopic (exact) mass is 407 g/mol. The Morgan fingerprint density at radius 2 is 1.83 bits per heavy atom. The maximum absolute atomic E-state index is 12.3. The van der Waals surface area contributed by atoms with Crippen LogP contribution in [0.1, 0.15) is 59.1 Å². The predicted octanol–water partition coefficient (Wildman–Crippen LogP) is 3.42. The second kappa shape index (κ2) is 7.88. The van der Waals surface area contributed by atoms with Crippen LogP contribution in [0.25, 0.3) is 0 Å². The molecule has 2 saturated heterocycles. The van der Waals surface area contributed by atoms with E-state index in [-0.39, 0.29) is 23.4 Å². The third-order valence-electron chi connectivity index (χ3n) is 5.80. The number of hydrogen-bond acceptors (Lipinski definition) is 7. The first kappa shape index (κ1) is 21.5. The molecule has 0 aromatic carbocycles. The summed E-state index contributed by atoms with van der Waals surface area (Å²) < 4.78 is 15.9. The Kier molecular flexibility index (Phi) is 5.83. The van der Waals surface area contributed by atoms with Crippen LogP contribution in [0, 0.1) is 11.3 Å². The van der Waals surface area contributed by atoms with E-state index in [0.717, 1.165) is 31.7 Å². The summed E-state index contributed by atoms with van der Waals surface area (Å²) >= 11 is 0. The van der Waals surface area contributed by atoms with Gasteiger partial charge in [0.1, 0.15) is 11.5 Å². The van der Waals surface area contributed by atoms with E-state index in [0.29, 0.717) is 18.8 Å². The van der Waals surface area contributed by atoms with E-state index in [2.05, 4.69) is 10.1 Å². The lowest BCUT2D eigenvalue weighted by atomic mass is 9.72. The molecule has 1 unspecified atom stereocenters. The molecule has 3 heterocycles. The first-order valence-electron chi connectivity index (χ1n) is 10.3. The standard InChI is InChI=1S/C21H33N3O5/c1-14(2)17(18(25)27-6)15-11-16(22-29-15)24-12-21(13-24)7-9-23(10-8-21)19(26)28-20(3,4)5/h11,14,17H,7-10,12-13H2,1-6H3. The molecule has 8 heteroatoms. The van der Waals surface area contributed by atoms with Crippen molar-refractivity contribution in [3.63, 3.8) is 0 Å². The third-order valence-corrected chi connectivity index (χ3v) is 5.80. The second-order valence-corrected chi connectivity index (χ2v) is 9.66. The highest BCUT2D eigenvalue weighted by molar-refractivity contribution is 5.77. The molecule has 29 heavy (non-hydrogen) atoms. The molecule has 0 aliphatic carbocycles. The van der Waals surface area contributed by atoms with Gasteiger partial charge in [-0.05, 0) is 39.5 Å². The number of nitrogens with zero attached hydrogens (tertiary/aromatic N) is 3. The zero-order valence-corrected chi connectivity index (χ0v) is 18.4. The van der Waals surface area contributed by atoms with Gasteiger partial charge in [0.2, 0.25) is 0 Å². The Labute approximate surface area is 172 Å². The molecule has 0 saturated carbocycles. The molecule has 162 valence electrons. The number of amides is 1. The highest BCUT2D eigenvalue weighted by atomic mass is 16.6. The molecule has 1 spiro atoms. The van der Waals surface area contributed by atoms with Crippen molar-refractivity contribution in [2.75, 3.05) is 38.2 Å². The van der Waals surface area contributed by atoms with Crippen LogP contribution in [0.3, 0.4) is 0 Å². The van der Waals surface area contributed by atoms with Gasteiger partial charge in [-0.3, -0.25) is 4.79 Å². The Morgan fingerprint density at radius 1 is 1.21 bits per heavy atom. The van der Waals surface area contributed by atoms with Crippen molar-refractivity contribution in [2.24, 2.45) is 11.3 Å². The number of likely N-dealkylation sites (tertiary alicyclic amines) is 1. The number of methoxy groups -OCH3 is 1. The van der Waals surface area contributed by atoms with E-state index >= 15 is 0 Å². The van der Waals surface area contributed by atoms with Crippen molar-refractivity contribution in [1.29, 1.82) is 0 Å². The van der Waals surface area contributed by atoms with Gasteiger partial charge < -0.3 is 23.8 Å². The number of aromatic nitrogens is 1. The lowest BCUT2D eigenvalue weighted by Crippen LogP contribution is -2.61. The lowest BCUT2D eigenvalue weighted by molar-refractivity contribution is -0.144. The van der Waals surface area contributed by atoms with E-state index in [1.54, 1.807) is 4.90 Å². The van der Waals surface area contributed by atoms with E-state index in [1.807, 2.05) is 40.7 Å². The molecular formula is C21H33N3O5. The van der Waals surface area contributed by atoms with Gasteiger partial charge in [0.25, 0.3) is 0 Å². The predicted molar refractivity (Wildman–Crippen MR) is 108 cm³/mol. The maximum atomic E-state index is 12.3. The molecule has 0 radical (unpaired) electrons. The van der Waals surface area contributed by atoms with Gasteiger partial charge in [0, 0.05) is 37.7 Å². The quantitative estimate of drug-likeness (QED) is 0.707. The third kappa shape index (κ3) is 4.67. The van der Waals surface area contributed by atoms with Crippen LogP contribution in [0.4, 0.5) is 10.6 Å². The fourth-order valence-corrected chi connectivity index (χ4v) is 4.15. The zero-order valence-electron chi connectivity index (χ0n) is 18.4. The molecule has 1 aromatic heterocycles. The molecular weight excluding hydrogens is 374 g/mol. The topological polar surface area (TPSA) is 85.1 Å². The van der Waals surface area contributed by atoms with Crippen LogP contribution in [-0.4, -0.2) is 61.0 Å². The van der Waals surface area contributed by atoms with Gasteiger partial charge in [-0.25, -0.2) is 4.79 Å². The number of anilines is 1. The largest absolute Gasteiger partial charge is 0.468 e. The molecule has 2 aliphatic heterocycles. The van der Waals surface area contributed by atoms with Gasteiger partial charge >= 0.3 is 12.1 Å². The van der Waals surface area contributed by atoms with Crippen LogP contribution in [0.2, 0.25) is 0 Å². The van der Waals surface area contributed by atoms with Crippen molar-refractivity contribution in [3.8, 4) is 0 Å². The minimum Gasteiger partial charge on any atom is -0.468 e. The van der Waals surface area contributed by atoms with Crippen LogP contribution in [0.15, 0.2) is 10.6 Å². The van der Waals surface area contributed by atoms with Crippen molar-refractivity contribution in [1.82, 2.24) is 10.1 Å². The average Bonchev–Trinajstić information content (AvgIpc) is 3.07. The number of hydrogen-bond donors (Lipinski definition) is 0. The number of carbonyl (C=O) groups excluding carboxylic acids is 2. The minimum absolute atomic E-state index is 0.0585. The maximum Gasteiger partial charge on any atom is 0.410 e. The molecule has 2 fully saturated rings. The van der Waals surface area contributed by atoms with Crippen LogP contribution in [-0.2, 0) is 14.3 Å². The highest BCUT2D eigenvalue weighted by Crippen LogP contribution is 2.43. The van der Waals surface area contributed by atoms with E-state index in [9.17, 15) is 9.59 Å². The smallest absolute Gasteiger partial charge is 0.410 e. The Hall–Kier alpha value is -2.25. The second-order valence-electron chi connectivity index (χ2n) is 9.66. The summed E-state index contributed by atoms with van der Waals surface area (Å²) in [5, 5.41) is 4.18. The van der Waals surface area contributed by atoms with Gasteiger partial charge in [0.05, 0.1) is 7.11 Å². The molecule has 1 atom stereocenters. The highest BCUT2D eigenvalue weighted by Gasteiger charge is 2.47. The van der Waals surface area contributed by atoms with Gasteiger partial charge in [-0.2, -0.15) is 0 Å². The van der Waals surface area contributed by atoms with E-state index in [4.69, 9.17) is 14.0 Å². The molecule has 3 rings (SSSR count). The molecule has 0 N–H and O–H groups in total. The van der Waals surface area contributed by atoms with Crippen molar-refractivity contribution < 1.29 is 23.6 Å². The first-order valence-corrected chi connectivity index (χ1v) is 10.3. The number of esters is 1. The SMILES string of the molecule is COC(=O)C(c1cc(N2CC3(CCN(C(=O)OC(C)(C)C)CC3)C2)no1)C(C)C. The Bertz CT molecular complexity index is 736. The van der Waals surface area contributed by atoms with Crippen molar-refractivity contribution >= 4 is 17.9 Å². The number of piperidine rings is 1. The summed E-state index contributed by atoms with van der Waals surface area (Å²) in [6.45, 7) is 12.8. The Balaban J connectivity index is 1.55. The fraction of sp³-hybridized carbons (Fsp3) is 0.762. The number of ether oxygens (including phenoxy) is 2. The summed E-state index contributed by atoms with van der Waals surface area (Å²) in [6.07, 6.45) is 1.67. The summed E-state index contributed by atoms with van der Waals surface area (Å²) in [7, 11) is 1.39. The van der Waals surface area contributed by atoms with Gasteiger partial charge in [-0.1, -0.05) is 19.0 Å². The summed E-state index contributed by atoms with van der Waals surface area (Å²) in [5.74, 6) is 0.603. The molecule has 1 amide bonds. The van der Waals surface area contributed by atoms with Crippen LogP contribution >= 0.6 is 0 Å². The van der Waals surface area contributed by atoms with Crippen molar-refractivity contribution in [3.05, 3.63) is 11.8 Å². The number of rotatable bonds is 4. The van der Waals surface area contributed by atoms with E-state index in [1.165, 1.54) is 7.11 Å². The zero-order chi connectivity index (χ0) is 21.4. The van der Waals surface area contributed by atoms with Crippen molar-refractivity contribution in [2.45, 2.75) is 59.0 Å². The normalized spacial score (nSPS) is 19.8. The summed E-state index contributed by atoms with van der Waals surface area (Å²) in [6, 6.07) is 1.85. The molecule has 2 aliphatic rings. The average molecular weight is 408 g/mol. The van der Waals surface area contributed by atoms with Gasteiger partial charge in [0.15, 0.2) is 11.6 Å². The lowest BCUT2D eigenvalue weighted by Gasteiger charge is -2.53. The fourth-order valence-electron chi connectivity index (χ4n) is 4.15. The van der Waals surface area contributed by atoms with Crippen LogP contribution in [0.5, 0.6) is 0 Å². The van der Waals surface area contributed by atoms with E-state index < -0.39 is 11.5 Å². The molecule has 8 nitrogen and oxygen atoms in total.